The summed E-state index contributed by atoms with van der Waals surface area (Å²) < 4.78 is 23.9. The van der Waals surface area contributed by atoms with Crippen molar-refractivity contribution in [1.29, 1.82) is 0 Å². The maximum absolute atomic E-state index is 13.4. The summed E-state index contributed by atoms with van der Waals surface area (Å²) in [5, 5.41) is 3.27. The summed E-state index contributed by atoms with van der Waals surface area (Å²) in [6, 6.07) is 4.23. The first-order valence-corrected chi connectivity index (χ1v) is 7.29. The van der Waals surface area contributed by atoms with Gasteiger partial charge in [0.1, 0.15) is 11.6 Å². The molecule has 1 atom stereocenters. The fourth-order valence-corrected chi connectivity index (χ4v) is 1.89. The molecule has 118 valence electrons. The van der Waals surface area contributed by atoms with E-state index >= 15 is 0 Å². The Balaban J connectivity index is 2.74. The van der Waals surface area contributed by atoms with Crippen molar-refractivity contribution >= 4 is 5.97 Å². The minimum absolute atomic E-state index is 0.0585. The third-order valence-electron chi connectivity index (χ3n) is 2.85. The van der Waals surface area contributed by atoms with E-state index in [2.05, 4.69) is 12.2 Å². The van der Waals surface area contributed by atoms with Crippen LogP contribution in [0.15, 0.2) is 18.2 Å². The second-order valence-corrected chi connectivity index (χ2v) is 5.19. The van der Waals surface area contributed by atoms with E-state index in [1.54, 1.807) is 13.8 Å². The van der Waals surface area contributed by atoms with E-state index < -0.39 is 5.97 Å². The Bertz CT molecular complexity index is 463. The predicted octanol–water partition coefficient (Wildman–Crippen LogP) is 3.22. The average Bonchev–Trinajstić information content (AvgIpc) is 2.42. The standard InChI is InChI=1S/C16H24FNO3/c1-5-8-18-12(4)14-9-13(17)6-7-15(14)20-10-16(19)21-11(2)3/h6-7,9,11-12,18H,5,8,10H2,1-4H3. The molecular formula is C16H24FNO3. The monoisotopic (exact) mass is 297 g/mol. The van der Waals surface area contributed by atoms with Crippen molar-refractivity contribution in [1.82, 2.24) is 5.32 Å². The van der Waals surface area contributed by atoms with Gasteiger partial charge in [-0.1, -0.05) is 6.92 Å². The highest BCUT2D eigenvalue weighted by Crippen LogP contribution is 2.26. The molecule has 1 rings (SSSR count). The molecule has 0 aromatic heterocycles. The molecule has 0 aliphatic carbocycles. The first-order chi connectivity index (χ1) is 9.93. The van der Waals surface area contributed by atoms with E-state index in [4.69, 9.17) is 9.47 Å². The molecule has 0 radical (unpaired) electrons. The molecule has 0 aliphatic heterocycles. The maximum Gasteiger partial charge on any atom is 0.344 e. The lowest BCUT2D eigenvalue weighted by Gasteiger charge is -2.18. The lowest BCUT2D eigenvalue weighted by Crippen LogP contribution is -2.22. The second-order valence-electron chi connectivity index (χ2n) is 5.19. The quantitative estimate of drug-likeness (QED) is 0.748. The second kappa shape index (κ2) is 8.62. The van der Waals surface area contributed by atoms with Crippen LogP contribution in [0.5, 0.6) is 5.75 Å². The highest BCUT2D eigenvalue weighted by atomic mass is 19.1. The topological polar surface area (TPSA) is 47.6 Å². The third-order valence-corrected chi connectivity index (χ3v) is 2.85. The lowest BCUT2D eigenvalue weighted by molar-refractivity contribution is -0.149. The number of hydrogen-bond donors (Lipinski definition) is 1. The SMILES string of the molecule is CCCNC(C)c1cc(F)ccc1OCC(=O)OC(C)C. The van der Waals surface area contributed by atoms with Crippen molar-refractivity contribution in [3.63, 3.8) is 0 Å². The highest BCUT2D eigenvalue weighted by Gasteiger charge is 2.14. The van der Waals surface area contributed by atoms with Gasteiger partial charge >= 0.3 is 5.97 Å². The van der Waals surface area contributed by atoms with Gasteiger partial charge in [0.05, 0.1) is 6.10 Å². The molecule has 21 heavy (non-hydrogen) atoms. The number of carbonyl (C=O) groups is 1. The van der Waals surface area contributed by atoms with E-state index in [9.17, 15) is 9.18 Å². The molecule has 1 unspecified atom stereocenters. The number of benzene rings is 1. The van der Waals surface area contributed by atoms with Crippen LogP contribution in [0.25, 0.3) is 0 Å². The van der Waals surface area contributed by atoms with Crippen molar-refractivity contribution < 1.29 is 18.7 Å². The zero-order valence-corrected chi connectivity index (χ0v) is 13.1. The molecule has 0 amide bonds. The summed E-state index contributed by atoms with van der Waals surface area (Å²) in [6.07, 6.45) is 0.801. The van der Waals surface area contributed by atoms with Crippen molar-refractivity contribution in [2.75, 3.05) is 13.2 Å². The van der Waals surface area contributed by atoms with Crippen LogP contribution in [0, 0.1) is 5.82 Å². The highest BCUT2D eigenvalue weighted by molar-refractivity contribution is 5.71. The van der Waals surface area contributed by atoms with Gasteiger partial charge in [0.2, 0.25) is 0 Å². The zero-order chi connectivity index (χ0) is 15.8. The first kappa shape index (κ1) is 17.4. The lowest BCUT2D eigenvalue weighted by atomic mass is 10.1. The van der Waals surface area contributed by atoms with Crippen LogP contribution in [0.3, 0.4) is 0 Å². The predicted molar refractivity (Wildman–Crippen MR) is 79.8 cm³/mol. The molecule has 4 nitrogen and oxygen atoms in total. The molecular weight excluding hydrogens is 273 g/mol. The van der Waals surface area contributed by atoms with Gasteiger partial charge in [-0.15, -0.1) is 0 Å². The molecule has 0 spiro atoms. The van der Waals surface area contributed by atoms with E-state index in [-0.39, 0.29) is 24.6 Å². The van der Waals surface area contributed by atoms with Crippen LogP contribution < -0.4 is 10.1 Å². The smallest absolute Gasteiger partial charge is 0.344 e. The van der Waals surface area contributed by atoms with Crippen molar-refractivity contribution in [2.45, 2.75) is 46.3 Å². The van der Waals surface area contributed by atoms with Crippen LogP contribution in [-0.2, 0) is 9.53 Å². The fraction of sp³-hybridized carbons (Fsp3) is 0.562. The van der Waals surface area contributed by atoms with Crippen molar-refractivity contribution in [3.05, 3.63) is 29.6 Å². The normalized spacial score (nSPS) is 12.3. The van der Waals surface area contributed by atoms with Gasteiger partial charge in [-0.05, 0) is 51.9 Å². The Kier molecular flexibility index (Phi) is 7.15. The molecule has 0 aliphatic rings. The third kappa shape index (κ3) is 6.12. The Hall–Kier alpha value is -1.62. The average molecular weight is 297 g/mol. The van der Waals surface area contributed by atoms with E-state index in [0.29, 0.717) is 11.3 Å². The summed E-state index contributed by atoms with van der Waals surface area (Å²) in [7, 11) is 0. The molecule has 1 aromatic carbocycles. The summed E-state index contributed by atoms with van der Waals surface area (Å²) in [4.78, 5) is 11.5. The van der Waals surface area contributed by atoms with Gasteiger partial charge in [0.25, 0.3) is 0 Å². The number of ether oxygens (including phenoxy) is 2. The number of halogens is 1. The molecule has 0 saturated heterocycles. The number of esters is 1. The van der Waals surface area contributed by atoms with Crippen LogP contribution in [0.2, 0.25) is 0 Å². The summed E-state index contributed by atoms with van der Waals surface area (Å²) in [6.45, 7) is 8.19. The largest absolute Gasteiger partial charge is 0.482 e. The molecule has 0 saturated carbocycles. The van der Waals surface area contributed by atoms with E-state index in [1.165, 1.54) is 18.2 Å². The van der Waals surface area contributed by atoms with Gasteiger partial charge in [0, 0.05) is 11.6 Å². The van der Waals surface area contributed by atoms with Crippen LogP contribution in [-0.4, -0.2) is 25.2 Å². The minimum Gasteiger partial charge on any atom is -0.482 e. The molecule has 1 aromatic rings. The maximum atomic E-state index is 13.4. The van der Waals surface area contributed by atoms with Crippen LogP contribution in [0.4, 0.5) is 4.39 Å². The zero-order valence-electron chi connectivity index (χ0n) is 13.1. The van der Waals surface area contributed by atoms with Gasteiger partial charge in [-0.3, -0.25) is 0 Å². The molecule has 1 N–H and O–H groups in total. The fourth-order valence-electron chi connectivity index (χ4n) is 1.89. The number of nitrogens with one attached hydrogen (secondary N) is 1. The molecule has 0 heterocycles. The van der Waals surface area contributed by atoms with Crippen molar-refractivity contribution in [2.24, 2.45) is 0 Å². The summed E-state index contributed by atoms with van der Waals surface area (Å²) in [5.74, 6) is -0.269. The Morgan fingerprint density at radius 3 is 2.67 bits per heavy atom. The number of carbonyl (C=O) groups excluding carboxylic acids is 1. The van der Waals surface area contributed by atoms with Crippen LogP contribution >= 0.6 is 0 Å². The van der Waals surface area contributed by atoms with Gasteiger partial charge in [-0.2, -0.15) is 0 Å². The molecule has 0 fully saturated rings. The number of rotatable bonds is 8. The first-order valence-electron chi connectivity index (χ1n) is 7.29. The van der Waals surface area contributed by atoms with Gasteiger partial charge in [-0.25, -0.2) is 9.18 Å². The molecule has 5 heteroatoms. The van der Waals surface area contributed by atoms with Gasteiger partial charge in [0.15, 0.2) is 6.61 Å². The number of hydrogen-bond acceptors (Lipinski definition) is 4. The summed E-state index contributed by atoms with van der Waals surface area (Å²) >= 11 is 0. The Morgan fingerprint density at radius 2 is 2.05 bits per heavy atom. The summed E-state index contributed by atoms with van der Waals surface area (Å²) in [5.41, 5.74) is 0.695. The van der Waals surface area contributed by atoms with E-state index in [0.717, 1.165) is 13.0 Å². The minimum atomic E-state index is -0.436. The Labute approximate surface area is 125 Å². The van der Waals surface area contributed by atoms with Crippen LogP contribution in [0.1, 0.15) is 45.7 Å². The van der Waals surface area contributed by atoms with Gasteiger partial charge < -0.3 is 14.8 Å². The Morgan fingerprint density at radius 1 is 1.33 bits per heavy atom. The van der Waals surface area contributed by atoms with E-state index in [1.807, 2.05) is 6.92 Å². The molecule has 0 bridgehead atoms. The van der Waals surface area contributed by atoms with Crippen molar-refractivity contribution in [3.8, 4) is 5.75 Å².